The van der Waals surface area contributed by atoms with Crippen LogP contribution in [0.2, 0.25) is 0 Å². The van der Waals surface area contributed by atoms with Crippen LogP contribution in [-0.4, -0.2) is 11.8 Å². The zero-order valence-corrected chi connectivity index (χ0v) is 42.9. The van der Waals surface area contributed by atoms with Gasteiger partial charge in [-0.2, -0.15) is 0 Å². The fraction of sp³-hybridized carbons (Fsp3) is 0.235. The minimum Gasteiger partial charge on any atom is -0.355 e. The van der Waals surface area contributed by atoms with Gasteiger partial charge in [-0.05, 0) is 187 Å². The predicted octanol–water partition coefficient (Wildman–Crippen LogP) is 16.6. The standard InChI is InChI=1S/C68H60BN2/c1-38-19-23-43(24-20-38)70-59-37-55-47(48-35-56-57(36-54(48)68(55,9)10)66(5,6)28-27-65(56,3)4)34-49(59)50-33-46(42-22-25-45-44-17-13-14-18-52(44)67(7,8)53(45)31-42)62-51-30-40-15-11-12-16-41(40)32-61(51)71-60-26-21-39(2)29-58(60)69-63(50)64(62)71/h11-26,29-37,70H,27-28H2,1-10H3. The highest BCUT2D eigenvalue weighted by Crippen LogP contribution is 2.57. The average molecular weight is 916 g/mol. The Labute approximate surface area is 420 Å². The third-order valence-electron chi connectivity index (χ3n) is 18.0. The molecule has 1 aliphatic heterocycles. The first kappa shape index (κ1) is 42.8. The van der Waals surface area contributed by atoms with E-state index in [-0.39, 0.29) is 21.7 Å². The van der Waals surface area contributed by atoms with E-state index in [2.05, 4.69) is 238 Å². The maximum atomic E-state index is 4.08. The van der Waals surface area contributed by atoms with E-state index in [1.54, 1.807) is 0 Å². The average Bonchev–Trinajstić information content (AvgIpc) is 3.89. The van der Waals surface area contributed by atoms with E-state index in [4.69, 9.17) is 0 Å². The Balaban J connectivity index is 1.12. The van der Waals surface area contributed by atoms with Gasteiger partial charge in [0.2, 0.25) is 0 Å². The molecule has 1 aromatic heterocycles. The smallest absolute Gasteiger partial charge is 0.197 e. The summed E-state index contributed by atoms with van der Waals surface area (Å²) in [6, 6.07) is 59.0. The van der Waals surface area contributed by atoms with Crippen molar-refractivity contribution in [2.45, 2.75) is 104 Å². The molecule has 10 aromatic rings. The number of anilines is 2. The molecule has 71 heavy (non-hydrogen) atoms. The van der Waals surface area contributed by atoms with Gasteiger partial charge in [0.25, 0.3) is 0 Å². The summed E-state index contributed by atoms with van der Waals surface area (Å²) in [4.78, 5) is 0. The molecule has 9 aromatic carbocycles. The monoisotopic (exact) mass is 915 g/mol. The minimum absolute atomic E-state index is 0.0944. The van der Waals surface area contributed by atoms with Gasteiger partial charge < -0.3 is 9.88 Å². The lowest BCUT2D eigenvalue weighted by Gasteiger charge is -2.42. The van der Waals surface area contributed by atoms with E-state index in [0.717, 1.165) is 11.4 Å². The van der Waals surface area contributed by atoms with Crippen LogP contribution in [0.25, 0.3) is 82.8 Å². The fourth-order valence-electron chi connectivity index (χ4n) is 13.7. The summed E-state index contributed by atoms with van der Waals surface area (Å²) in [6.07, 6.45) is 2.38. The first-order chi connectivity index (χ1) is 34.0. The third-order valence-corrected chi connectivity index (χ3v) is 18.0. The molecule has 345 valence electrons. The molecule has 0 bridgehead atoms. The van der Waals surface area contributed by atoms with Crippen LogP contribution in [0.3, 0.4) is 0 Å². The minimum atomic E-state index is -0.200. The third kappa shape index (κ3) is 5.96. The largest absolute Gasteiger partial charge is 0.355 e. The molecule has 0 saturated carbocycles. The molecule has 0 unspecified atom stereocenters. The first-order valence-corrected chi connectivity index (χ1v) is 25.9. The molecule has 0 atom stereocenters. The summed E-state index contributed by atoms with van der Waals surface area (Å²) < 4.78 is 2.61. The molecule has 1 radical (unpaired) electrons. The number of fused-ring (bicyclic) bond motifs is 13. The number of nitrogens with zero attached hydrogens (tertiary/aromatic N) is 1. The van der Waals surface area contributed by atoms with E-state index in [1.165, 1.54) is 151 Å². The molecule has 2 heterocycles. The van der Waals surface area contributed by atoms with Gasteiger partial charge in [-0.25, -0.2) is 0 Å². The summed E-state index contributed by atoms with van der Waals surface area (Å²) in [7, 11) is 2.51. The summed E-state index contributed by atoms with van der Waals surface area (Å²) in [6.45, 7) is 24.0. The van der Waals surface area contributed by atoms with Crippen LogP contribution in [0.4, 0.5) is 11.4 Å². The second-order valence-electron chi connectivity index (χ2n) is 24.1. The Morgan fingerprint density at radius 2 is 1.08 bits per heavy atom. The van der Waals surface area contributed by atoms with E-state index < -0.39 is 0 Å². The lowest BCUT2D eigenvalue weighted by Crippen LogP contribution is -2.37. The topological polar surface area (TPSA) is 17.0 Å². The molecule has 2 nitrogen and oxygen atoms in total. The summed E-state index contributed by atoms with van der Waals surface area (Å²) in [5, 5.41) is 9.17. The molecule has 0 saturated heterocycles. The van der Waals surface area contributed by atoms with Crippen LogP contribution < -0.4 is 16.2 Å². The van der Waals surface area contributed by atoms with Gasteiger partial charge in [0, 0.05) is 49.7 Å². The van der Waals surface area contributed by atoms with Crippen LogP contribution in [0.1, 0.15) is 113 Å². The molecule has 4 aliphatic rings. The van der Waals surface area contributed by atoms with Crippen molar-refractivity contribution in [2.75, 3.05) is 5.32 Å². The van der Waals surface area contributed by atoms with Crippen molar-refractivity contribution in [2.24, 2.45) is 0 Å². The Hall–Kier alpha value is -7.10. The Bertz CT molecular complexity index is 4000. The van der Waals surface area contributed by atoms with Gasteiger partial charge in [0.15, 0.2) is 7.28 Å². The van der Waals surface area contributed by atoms with E-state index in [1.807, 2.05) is 0 Å². The SMILES string of the molecule is Cc1ccc(Nc2cc3c(cc2-c2cc(-c4ccc5c(c4)C(C)(C)c4ccccc4-5)c4c5cc6ccccc6cc5n5c4c2[B]c2cc(C)ccc2-5)-c2cc4c(cc2C3(C)C)C(C)(C)CCC4(C)C)cc1. The lowest BCUT2D eigenvalue weighted by atomic mass is 9.58. The van der Waals surface area contributed by atoms with Gasteiger partial charge in [-0.3, -0.25) is 0 Å². The van der Waals surface area contributed by atoms with Crippen LogP contribution in [0, 0.1) is 13.8 Å². The van der Waals surface area contributed by atoms with Gasteiger partial charge >= 0.3 is 0 Å². The van der Waals surface area contributed by atoms with Crippen molar-refractivity contribution in [1.29, 1.82) is 0 Å². The van der Waals surface area contributed by atoms with Crippen molar-refractivity contribution in [3.8, 4) is 50.2 Å². The van der Waals surface area contributed by atoms with Crippen LogP contribution in [-0.2, 0) is 21.7 Å². The van der Waals surface area contributed by atoms with Crippen molar-refractivity contribution in [1.82, 2.24) is 4.57 Å². The summed E-state index contributed by atoms with van der Waals surface area (Å²) >= 11 is 0. The maximum Gasteiger partial charge on any atom is 0.197 e. The molecular formula is C68H60BN2. The summed E-state index contributed by atoms with van der Waals surface area (Å²) in [5.74, 6) is 0. The summed E-state index contributed by atoms with van der Waals surface area (Å²) in [5.41, 5.74) is 29.9. The number of aromatic nitrogens is 1. The van der Waals surface area contributed by atoms with Crippen molar-refractivity contribution >= 4 is 62.2 Å². The highest BCUT2D eigenvalue weighted by molar-refractivity contribution is 6.73. The highest BCUT2D eigenvalue weighted by Gasteiger charge is 2.44. The second-order valence-corrected chi connectivity index (χ2v) is 24.1. The van der Waals surface area contributed by atoms with Crippen LogP contribution in [0.5, 0.6) is 0 Å². The zero-order chi connectivity index (χ0) is 48.7. The Morgan fingerprint density at radius 1 is 0.465 bits per heavy atom. The molecule has 0 fully saturated rings. The van der Waals surface area contributed by atoms with Gasteiger partial charge in [0.05, 0.1) is 5.52 Å². The Morgan fingerprint density at radius 3 is 1.86 bits per heavy atom. The van der Waals surface area contributed by atoms with Crippen molar-refractivity contribution < 1.29 is 0 Å². The predicted molar refractivity (Wildman–Crippen MR) is 304 cm³/mol. The quantitative estimate of drug-likeness (QED) is 0.174. The molecule has 3 heteroatoms. The second kappa shape index (κ2) is 14.3. The number of benzene rings is 9. The lowest BCUT2D eigenvalue weighted by molar-refractivity contribution is 0.331. The normalized spacial score (nSPS) is 16.8. The number of hydrogen-bond acceptors (Lipinski definition) is 1. The molecule has 0 amide bonds. The molecule has 1 N–H and O–H groups in total. The van der Waals surface area contributed by atoms with Crippen molar-refractivity contribution in [3.63, 3.8) is 0 Å². The maximum absolute atomic E-state index is 4.08. The number of hydrogen-bond donors (Lipinski definition) is 1. The first-order valence-electron chi connectivity index (χ1n) is 25.9. The zero-order valence-electron chi connectivity index (χ0n) is 42.9. The van der Waals surface area contributed by atoms with Gasteiger partial charge in [-0.15, -0.1) is 0 Å². The Kier molecular flexibility index (Phi) is 8.60. The molecule has 0 spiro atoms. The van der Waals surface area contributed by atoms with E-state index in [9.17, 15) is 0 Å². The number of aryl methyl sites for hydroxylation is 2. The van der Waals surface area contributed by atoms with Crippen molar-refractivity contribution in [3.05, 3.63) is 196 Å². The van der Waals surface area contributed by atoms with E-state index in [0.29, 0.717) is 0 Å². The number of rotatable bonds is 4. The number of nitrogens with one attached hydrogen (secondary N) is 1. The molecular weight excluding hydrogens is 856 g/mol. The van der Waals surface area contributed by atoms with Crippen LogP contribution in [0.15, 0.2) is 152 Å². The van der Waals surface area contributed by atoms with E-state index >= 15 is 0 Å². The fourth-order valence-corrected chi connectivity index (χ4v) is 13.7. The van der Waals surface area contributed by atoms with Crippen LogP contribution >= 0.6 is 0 Å². The molecule has 14 rings (SSSR count). The van der Waals surface area contributed by atoms with Gasteiger partial charge in [0.1, 0.15) is 0 Å². The molecule has 3 aliphatic carbocycles. The highest BCUT2D eigenvalue weighted by atomic mass is 15.0. The van der Waals surface area contributed by atoms with Gasteiger partial charge in [-0.1, -0.05) is 163 Å².